The first-order valence-electron chi connectivity index (χ1n) is 3.99. The molecule has 0 unspecified atom stereocenters. The molecule has 0 spiro atoms. The first-order valence-corrected chi connectivity index (χ1v) is 3.99. The third-order valence-electron chi connectivity index (χ3n) is 1.99. The Balaban J connectivity index is 2.92. The van der Waals surface area contributed by atoms with E-state index in [1.165, 1.54) is 12.3 Å². The highest BCUT2D eigenvalue weighted by Crippen LogP contribution is 2.22. The standard InChI is InChI=1S/C10H6F3N/c1-5-2-7-6(4-14-5)3-8(11)10(13)9(7)12/h2-4H,1H3. The summed E-state index contributed by atoms with van der Waals surface area (Å²) in [5.41, 5.74) is 0.558. The van der Waals surface area contributed by atoms with Crippen LogP contribution in [-0.4, -0.2) is 4.98 Å². The molecule has 0 aliphatic rings. The first-order chi connectivity index (χ1) is 6.59. The summed E-state index contributed by atoms with van der Waals surface area (Å²) in [6.07, 6.45) is 1.32. The minimum Gasteiger partial charge on any atom is -0.261 e. The normalized spacial score (nSPS) is 10.9. The molecule has 2 aromatic rings. The van der Waals surface area contributed by atoms with Crippen LogP contribution in [0, 0.1) is 24.4 Å². The summed E-state index contributed by atoms with van der Waals surface area (Å²) < 4.78 is 38.8. The Hall–Kier alpha value is -1.58. The van der Waals surface area contributed by atoms with E-state index in [1.54, 1.807) is 6.92 Å². The van der Waals surface area contributed by atoms with E-state index in [0.29, 0.717) is 5.69 Å². The van der Waals surface area contributed by atoms with Gasteiger partial charge in [-0.05, 0) is 19.1 Å². The molecule has 1 aromatic heterocycles. The smallest absolute Gasteiger partial charge is 0.195 e. The van der Waals surface area contributed by atoms with E-state index in [0.717, 1.165) is 6.07 Å². The summed E-state index contributed by atoms with van der Waals surface area (Å²) in [6.45, 7) is 1.65. The van der Waals surface area contributed by atoms with Crippen LogP contribution in [0.1, 0.15) is 5.69 Å². The molecular weight excluding hydrogens is 191 g/mol. The highest BCUT2D eigenvalue weighted by atomic mass is 19.2. The van der Waals surface area contributed by atoms with Gasteiger partial charge in [0.2, 0.25) is 0 Å². The van der Waals surface area contributed by atoms with Crippen LogP contribution in [0.15, 0.2) is 18.3 Å². The van der Waals surface area contributed by atoms with Gasteiger partial charge in [0, 0.05) is 22.7 Å². The maximum Gasteiger partial charge on any atom is 0.195 e. The fourth-order valence-electron chi connectivity index (χ4n) is 1.30. The van der Waals surface area contributed by atoms with Crippen LogP contribution >= 0.6 is 0 Å². The third-order valence-corrected chi connectivity index (χ3v) is 1.99. The van der Waals surface area contributed by atoms with E-state index in [2.05, 4.69) is 4.98 Å². The van der Waals surface area contributed by atoms with Crippen molar-refractivity contribution in [2.24, 2.45) is 0 Å². The second-order valence-corrected chi connectivity index (χ2v) is 3.03. The molecule has 0 fully saturated rings. The number of rotatable bonds is 0. The Morgan fingerprint density at radius 3 is 2.50 bits per heavy atom. The number of nitrogens with zero attached hydrogens (tertiary/aromatic N) is 1. The molecule has 0 aliphatic heterocycles. The van der Waals surface area contributed by atoms with Crippen LogP contribution in [0.25, 0.3) is 10.8 Å². The highest BCUT2D eigenvalue weighted by Gasteiger charge is 2.13. The van der Waals surface area contributed by atoms with E-state index < -0.39 is 17.5 Å². The van der Waals surface area contributed by atoms with Crippen LogP contribution in [0.3, 0.4) is 0 Å². The van der Waals surface area contributed by atoms with Crippen molar-refractivity contribution in [2.75, 3.05) is 0 Å². The van der Waals surface area contributed by atoms with E-state index in [-0.39, 0.29) is 10.8 Å². The average molecular weight is 197 g/mol. The van der Waals surface area contributed by atoms with Crippen molar-refractivity contribution >= 4 is 10.8 Å². The van der Waals surface area contributed by atoms with Gasteiger partial charge in [-0.25, -0.2) is 13.2 Å². The third kappa shape index (κ3) is 1.23. The monoisotopic (exact) mass is 197 g/mol. The SMILES string of the molecule is Cc1cc2c(F)c(F)c(F)cc2cn1. The summed E-state index contributed by atoms with van der Waals surface area (Å²) in [5, 5.41) is 0.309. The van der Waals surface area contributed by atoms with Gasteiger partial charge < -0.3 is 0 Å². The first kappa shape index (κ1) is 8.99. The van der Waals surface area contributed by atoms with Gasteiger partial charge in [-0.15, -0.1) is 0 Å². The second-order valence-electron chi connectivity index (χ2n) is 3.03. The number of hydrogen-bond acceptors (Lipinski definition) is 1. The van der Waals surface area contributed by atoms with Gasteiger partial charge in [-0.2, -0.15) is 0 Å². The largest absolute Gasteiger partial charge is 0.261 e. The molecule has 0 amide bonds. The lowest BCUT2D eigenvalue weighted by Gasteiger charge is -2.02. The topological polar surface area (TPSA) is 12.9 Å². The van der Waals surface area contributed by atoms with Gasteiger partial charge in [-0.3, -0.25) is 4.98 Å². The Morgan fingerprint density at radius 2 is 1.79 bits per heavy atom. The summed E-state index contributed by atoms with van der Waals surface area (Å²) in [6, 6.07) is 2.31. The minimum absolute atomic E-state index is 0.0522. The molecule has 2 rings (SSSR count). The van der Waals surface area contributed by atoms with Crippen LogP contribution in [0.4, 0.5) is 13.2 Å². The molecule has 1 aromatic carbocycles. The lowest BCUT2D eigenvalue weighted by molar-refractivity contribution is 0.453. The van der Waals surface area contributed by atoms with E-state index in [9.17, 15) is 13.2 Å². The lowest BCUT2D eigenvalue weighted by atomic mass is 10.1. The molecule has 0 aliphatic carbocycles. The van der Waals surface area contributed by atoms with Crippen LogP contribution in [0.5, 0.6) is 0 Å². The molecule has 0 bridgehead atoms. The maximum atomic E-state index is 13.2. The summed E-state index contributed by atoms with van der Waals surface area (Å²) in [5.74, 6) is -3.80. The predicted octanol–water partition coefficient (Wildman–Crippen LogP) is 2.96. The zero-order valence-electron chi connectivity index (χ0n) is 7.31. The summed E-state index contributed by atoms with van der Waals surface area (Å²) in [7, 11) is 0. The van der Waals surface area contributed by atoms with Gasteiger partial charge in [0.15, 0.2) is 17.5 Å². The number of halogens is 3. The summed E-state index contributed by atoms with van der Waals surface area (Å²) >= 11 is 0. The van der Waals surface area contributed by atoms with E-state index in [4.69, 9.17) is 0 Å². The molecule has 1 heterocycles. The van der Waals surface area contributed by atoms with Crippen molar-refractivity contribution in [3.63, 3.8) is 0 Å². The fraction of sp³-hybridized carbons (Fsp3) is 0.100. The van der Waals surface area contributed by atoms with Crippen molar-refractivity contribution in [1.82, 2.24) is 4.98 Å². The lowest BCUT2D eigenvalue weighted by Crippen LogP contribution is -1.93. The number of aromatic nitrogens is 1. The van der Waals surface area contributed by atoms with Crippen LogP contribution in [-0.2, 0) is 0 Å². The van der Waals surface area contributed by atoms with Crippen molar-refractivity contribution in [2.45, 2.75) is 6.92 Å². The van der Waals surface area contributed by atoms with Gasteiger partial charge in [-0.1, -0.05) is 0 Å². The fourth-order valence-corrected chi connectivity index (χ4v) is 1.30. The second kappa shape index (κ2) is 2.97. The van der Waals surface area contributed by atoms with Crippen molar-refractivity contribution in [1.29, 1.82) is 0 Å². The van der Waals surface area contributed by atoms with E-state index in [1.807, 2.05) is 0 Å². The molecule has 4 heteroatoms. The van der Waals surface area contributed by atoms with Gasteiger partial charge in [0.1, 0.15) is 0 Å². The molecular formula is C10H6F3N. The molecule has 0 atom stereocenters. The Labute approximate surface area is 78.2 Å². The van der Waals surface area contributed by atoms with Crippen molar-refractivity contribution < 1.29 is 13.2 Å². The molecule has 0 saturated carbocycles. The average Bonchev–Trinajstić information content (AvgIpc) is 2.16. The molecule has 0 radical (unpaired) electrons. The Morgan fingerprint density at radius 1 is 1.07 bits per heavy atom. The van der Waals surface area contributed by atoms with Crippen molar-refractivity contribution in [3.8, 4) is 0 Å². The molecule has 0 N–H and O–H groups in total. The van der Waals surface area contributed by atoms with Gasteiger partial charge in [0.25, 0.3) is 0 Å². The number of benzene rings is 1. The molecule has 1 nitrogen and oxygen atoms in total. The molecule has 14 heavy (non-hydrogen) atoms. The molecule has 0 saturated heterocycles. The number of pyridine rings is 1. The predicted molar refractivity (Wildman–Crippen MR) is 46.4 cm³/mol. The van der Waals surface area contributed by atoms with Crippen LogP contribution in [0.2, 0.25) is 0 Å². The van der Waals surface area contributed by atoms with Crippen molar-refractivity contribution in [3.05, 3.63) is 41.5 Å². The zero-order chi connectivity index (χ0) is 10.3. The number of aryl methyl sites for hydroxylation is 1. The van der Waals surface area contributed by atoms with Gasteiger partial charge >= 0.3 is 0 Å². The number of fused-ring (bicyclic) bond motifs is 1. The zero-order valence-corrected chi connectivity index (χ0v) is 7.31. The van der Waals surface area contributed by atoms with E-state index >= 15 is 0 Å². The maximum absolute atomic E-state index is 13.2. The minimum atomic E-state index is -1.44. The Bertz CT molecular complexity index is 508. The number of hydrogen-bond donors (Lipinski definition) is 0. The Kier molecular flexibility index (Phi) is 1.91. The highest BCUT2D eigenvalue weighted by molar-refractivity contribution is 5.82. The summed E-state index contributed by atoms with van der Waals surface area (Å²) in [4.78, 5) is 3.86. The quantitative estimate of drug-likeness (QED) is 0.591. The molecule has 72 valence electrons. The van der Waals surface area contributed by atoms with Gasteiger partial charge in [0.05, 0.1) is 0 Å². The van der Waals surface area contributed by atoms with Crippen LogP contribution < -0.4 is 0 Å².